The third kappa shape index (κ3) is 5.16. The van der Waals surface area contributed by atoms with E-state index in [-0.39, 0.29) is 5.75 Å². The standard InChI is InChI=1S/C13H21NO3S/c1-3-9-18(15,16)14-10-12-7-5-6-8-13(12)11-17-4-2/h5-8,14H,3-4,9-11H2,1-2H3. The molecule has 0 aliphatic heterocycles. The molecule has 0 bridgehead atoms. The molecule has 1 N–H and O–H groups in total. The van der Waals surface area contributed by atoms with E-state index in [0.29, 0.717) is 26.2 Å². The minimum absolute atomic E-state index is 0.167. The molecular weight excluding hydrogens is 250 g/mol. The number of rotatable bonds is 8. The molecule has 0 saturated heterocycles. The van der Waals surface area contributed by atoms with Crippen molar-refractivity contribution in [2.45, 2.75) is 33.4 Å². The maximum Gasteiger partial charge on any atom is 0.211 e. The first-order chi connectivity index (χ1) is 8.59. The van der Waals surface area contributed by atoms with Crippen LogP contribution in [-0.4, -0.2) is 20.8 Å². The second-order valence-corrected chi connectivity index (χ2v) is 5.97. The van der Waals surface area contributed by atoms with Crippen LogP contribution in [0, 0.1) is 0 Å². The molecular formula is C13H21NO3S. The molecule has 5 heteroatoms. The zero-order chi connectivity index (χ0) is 13.4. The van der Waals surface area contributed by atoms with Gasteiger partial charge >= 0.3 is 0 Å². The highest BCUT2D eigenvalue weighted by atomic mass is 32.2. The van der Waals surface area contributed by atoms with Crippen molar-refractivity contribution in [2.24, 2.45) is 0 Å². The second kappa shape index (κ2) is 7.51. The summed E-state index contributed by atoms with van der Waals surface area (Å²) in [6.45, 7) is 5.28. The lowest BCUT2D eigenvalue weighted by atomic mass is 10.1. The molecule has 1 aromatic rings. The molecule has 0 amide bonds. The van der Waals surface area contributed by atoms with E-state index in [1.54, 1.807) is 0 Å². The third-order valence-electron chi connectivity index (χ3n) is 2.54. The quantitative estimate of drug-likeness (QED) is 0.787. The number of benzene rings is 1. The number of ether oxygens (including phenoxy) is 1. The van der Waals surface area contributed by atoms with Crippen molar-refractivity contribution in [3.63, 3.8) is 0 Å². The Morgan fingerprint density at radius 3 is 2.44 bits per heavy atom. The number of hydrogen-bond donors (Lipinski definition) is 1. The lowest BCUT2D eigenvalue weighted by Crippen LogP contribution is -2.26. The lowest BCUT2D eigenvalue weighted by Gasteiger charge is -2.10. The van der Waals surface area contributed by atoms with Gasteiger partial charge in [-0.25, -0.2) is 13.1 Å². The molecule has 0 atom stereocenters. The molecule has 102 valence electrons. The van der Waals surface area contributed by atoms with Crippen LogP contribution in [0.3, 0.4) is 0 Å². The second-order valence-electron chi connectivity index (χ2n) is 4.05. The summed E-state index contributed by atoms with van der Waals surface area (Å²) in [7, 11) is -3.16. The maximum atomic E-state index is 11.6. The van der Waals surface area contributed by atoms with Gasteiger partial charge in [-0.05, 0) is 24.5 Å². The van der Waals surface area contributed by atoms with E-state index in [2.05, 4.69) is 4.72 Å². The summed E-state index contributed by atoms with van der Waals surface area (Å²) < 4.78 is 31.1. The zero-order valence-corrected chi connectivity index (χ0v) is 11.8. The van der Waals surface area contributed by atoms with E-state index >= 15 is 0 Å². The Morgan fingerprint density at radius 1 is 1.17 bits per heavy atom. The Kier molecular flexibility index (Phi) is 6.32. The van der Waals surface area contributed by atoms with Gasteiger partial charge in [-0.3, -0.25) is 0 Å². The Hall–Kier alpha value is -0.910. The Bertz CT molecular complexity index is 457. The summed E-state index contributed by atoms with van der Waals surface area (Å²) in [6, 6.07) is 7.71. The van der Waals surface area contributed by atoms with Crippen molar-refractivity contribution in [3.05, 3.63) is 35.4 Å². The molecule has 4 nitrogen and oxygen atoms in total. The van der Waals surface area contributed by atoms with Gasteiger partial charge in [0.25, 0.3) is 0 Å². The topological polar surface area (TPSA) is 55.4 Å². The number of hydrogen-bond acceptors (Lipinski definition) is 3. The van der Waals surface area contributed by atoms with Crippen LogP contribution in [-0.2, 0) is 27.9 Å². The van der Waals surface area contributed by atoms with Gasteiger partial charge < -0.3 is 4.74 Å². The van der Waals surface area contributed by atoms with Crippen molar-refractivity contribution in [1.29, 1.82) is 0 Å². The van der Waals surface area contributed by atoms with E-state index in [1.165, 1.54) is 0 Å². The average Bonchev–Trinajstić information content (AvgIpc) is 2.35. The molecule has 18 heavy (non-hydrogen) atoms. The largest absolute Gasteiger partial charge is 0.377 e. The van der Waals surface area contributed by atoms with Crippen molar-refractivity contribution >= 4 is 10.0 Å². The van der Waals surface area contributed by atoms with E-state index in [1.807, 2.05) is 38.1 Å². The Morgan fingerprint density at radius 2 is 1.83 bits per heavy atom. The van der Waals surface area contributed by atoms with Crippen LogP contribution in [0.2, 0.25) is 0 Å². The molecule has 0 saturated carbocycles. The zero-order valence-electron chi connectivity index (χ0n) is 11.0. The molecule has 0 unspecified atom stereocenters. The van der Waals surface area contributed by atoms with Crippen LogP contribution < -0.4 is 4.72 Å². The molecule has 0 aliphatic rings. The molecule has 1 rings (SSSR count). The first-order valence-corrected chi connectivity index (χ1v) is 7.86. The SMILES string of the molecule is CCCS(=O)(=O)NCc1ccccc1COCC. The summed E-state index contributed by atoms with van der Waals surface area (Å²) >= 11 is 0. The normalized spacial score (nSPS) is 11.7. The van der Waals surface area contributed by atoms with Crippen LogP contribution in [0.5, 0.6) is 0 Å². The fourth-order valence-corrected chi connectivity index (χ4v) is 2.67. The van der Waals surface area contributed by atoms with E-state index < -0.39 is 10.0 Å². The van der Waals surface area contributed by atoms with Gasteiger partial charge in [-0.2, -0.15) is 0 Å². The Balaban J connectivity index is 2.66. The predicted octanol–water partition coefficient (Wildman–Crippen LogP) is 2.05. The first-order valence-electron chi connectivity index (χ1n) is 6.21. The van der Waals surface area contributed by atoms with Crippen LogP contribution in [0.1, 0.15) is 31.4 Å². The summed E-state index contributed by atoms with van der Waals surface area (Å²) in [4.78, 5) is 0. The lowest BCUT2D eigenvalue weighted by molar-refractivity contribution is 0.133. The van der Waals surface area contributed by atoms with E-state index in [4.69, 9.17) is 4.74 Å². The number of nitrogens with one attached hydrogen (secondary N) is 1. The summed E-state index contributed by atoms with van der Waals surface area (Å²) in [5.74, 6) is 0.167. The highest BCUT2D eigenvalue weighted by Crippen LogP contribution is 2.10. The van der Waals surface area contributed by atoms with E-state index in [0.717, 1.165) is 11.1 Å². The first kappa shape index (κ1) is 15.1. The van der Waals surface area contributed by atoms with E-state index in [9.17, 15) is 8.42 Å². The molecule has 0 aromatic heterocycles. The van der Waals surface area contributed by atoms with Crippen LogP contribution in [0.15, 0.2) is 24.3 Å². The van der Waals surface area contributed by atoms with Crippen molar-refractivity contribution in [1.82, 2.24) is 4.72 Å². The summed E-state index contributed by atoms with van der Waals surface area (Å²) in [5.41, 5.74) is 1.99. The molecule has 0 radical (unpaired) electrons. The van der Waals surface area contributed by atoms with Crippen molar-refractivity contribution in [3.8, 4) is 0 Å². The fraction of sp³-hybridized carbons (Fsp3) is 0.538. The predicted molar refractivity (Wildman–Crippen MR) is 72.7 cm³/mol. The fourth-order valence-electron chi connectivity index (χ4n) is 1.61. The summed E-state index contributed by atoms with van der Waals surface area (Å²) in [5, 5.41) is 0. The van der Waals surface area contributed by atoms with Crippen LogP contribution in [0.4, 0.5) is 0 Å². The molecule has 1 aromatic carbocycles. The minimum Gasteiger partial charge on any atom is -0.377 e. The van der Waals surface area contributed by atoms with Gasteiger partial charge in [-0.1, -0.05) is 31.2 Å². The molecule has 0 spiro atoms. The van der Waals surface area contributed by atoms with Gasteiger partial charge in [0, 0.05) is 13.2 Å². The molecule has 0 aliphatic carbocycles. The summed E-state index contributed by atoms with van der Waals surface area (Å²) in [6.07, 6.45) is 0.621. The van der Waals surface area contributed by atoms with Gasteiger partial charge in [-0.15, -0.1) is 0 Å². The van der Waals surface area contributed by atoms with Gasteiger partial charge in [0.15, 0.2) is 0 Å². The highest BCUT2D eigenvalue weighted by molar-refractivity contribution is 7.89. The minimum atomic E-state index is -3.16. The monoisotopic (exact) mass is 271 g/mol. The van der Waals surface area contributed by atoms with Gasteiger partial charge in [0.2, 0.25) is 10.0 Å². The highest BCUT2D eigenvalue weighted by Gasteiger charge is 2.09. The molecule has 0 fully saturated rings. The molecule has 0 heterocycles. The van der Waals surface area contributed by atoms with Crippen LogP contribution >= 0.6 is 0 Å². The smallest absolute Gasteiger partial charge is 0.211 e. The van der Waals surface area contributed by atoms with Crippen molar-refractivity contribution < 1.29 is 13.2 Å². The number of sulfonamides is 1. The van der Waals surface area contributed by atoms with Gasteiger partial charge in [0.05, 0.1) is 12.4 Å². The van der Waals surface area contributed by atoms with Crippen LogP contribution in [0.25, 0.3) is 0 Å². The van der Waals surface area contributed by atoms with Crippen molar-refractivity contribution in [2.75, 3.05) is 12.4 Å². The maximum absolute atomic E-state index is 11.6. The Labute approximate surface area is 109 Å². The average molecular weight is 271 g/mol. The van der Waals surface area contributed by atoms with Gasteiger partial charge in [0.1, 0.15) is 0 Å². The third-order valence-corrected chi connectivity index (χ3v) is 4.07.